The fourth-order valence-electron chi connectivity index (χ4n) is 7.73. The number of benzene rings is 1. The van der Waals surface area contributed by atoms with Crippen LogP contribution in [0.15, 0.2) is 53.8 Å². The van der Waals surface area contributed by atoms with Gasteiger partial charge >= 0.3 is 5.97 Å². The molecule has 4 aliphatic rings. The lowest BCUT2D eigenvalue weighted by Crippen LogP contribution is -2.56. The molecule has 5 nitrogen and oxygen atoms in total. The molecule has 178 valence electrons. The summed E-state index contributed by atoms with van der Waals surface area (Å²) in [6, 6.07) is 10.3. The molecule has 5 heteroatoms. The highest BCUT2D eigenvalue weighted by Gasteiger charge is 2.62. The SMILES string of the molecule is CC12CC=C(Nc3ccccc3)C=C1CCC1C2C(O)CC2(C)C(C(=O)O)CCC12.CC=N. The van der Waals surface area contributed by atoms with Crippen LogP contribution in [0.2, 0.25) is 0 Å². The second-order valence-electron chi connectivity index (χ2n) is 10.8. The number of aliphatic carboxylic acids is 1. The van der Waals surface area contributed by atoms with Crippen molar-refractivity contribution in [3.63, 3.8) is 0 Å². The number of aliphatic hydroxyl groups excluding tert-OH is 1. The van der Waals surface area contributed by atoms with Gasteiger partial charge in [0.25, 0.3) is 0 Å². The summed E-state index contributed by atoms with van der Waals surface area (Å²) in [5.41, 5.74) is 3.38. The lowest BCUT2D eigenvalue weighted by Gasteiger charge is -2.59. The molecule has 4 N–H and O–H groups in total. The van der Waals surface area contributed by atoms with Gasteiger partial charge in [0.2, 0.25) is 0 Å². The number of anilines is 1. The average Bonchev–Trinajstić information content (AvgIpc) is 3.12. The molecular formula is C28H38N2O3. The molecule has 0 saturated heterocycles. The third-order valence-electron chi connectivity index (χ3n) is 9.10. The van der Waals surface area contributed by atoms with Crippen molar-refractivity contribution in [2.45, 2.75) is 65.4 Å². The maximum absolute atomic E-state index is 11.9. The summed E-state index contributed by atoms with van der Waals surface area (Å²) >= 11 is 0. The van der Waals surface area contributed by atoms with Crippen LogP contribution >= 0.6 is 0 Å². The lowest BCUT2D eigenvalue weighted by atomic mass is 9.46. The van der Waals surface area contributed by atoms with Gasteiger partial charge in [-0.2, -0.15) is 0 Å². The molecule has 0 radical (unpaired) electrons. The van der Waals surface area contributed by atoms with Gasteiger partial charge < -0.3 is 20.9 Å². The topological polar surface area (TPSA) is 93.4 Å². The van der Waals surface area contributed by atoms with E-state index in [0.29, 0.717) is 18.3 Å². The smallest absolute Gasteiger partial charge is 0.307 e. The fraction of sp³-hybridized carbons (Fsp3) is 0.571. The van der Waals surface area contributed by atoms with Crippen molar-refractivity contribution in [2.24, 2.45) is 34.5 Å². The third kappa shape index (κ3) is 4.05. The van der Waals surface area contributed by atoms with Crippen LogP contribution in [0, 0.1) is 39.9 Å². The highest BCUT2D eigenvalue weighted by atomic mass is 16.4. The minimum absolute atomic E-state index is 0.0349. The zero-order chi connectivity index (χ0) is 23.8. The first-order chi connectivity index (χ1) is 15.7. The van der Waals surface area contributed by atoms with Crippen molar-refractivity contribution in [3.05, 3.63) is 53.8 Å². The quantitative estimate of drug-likeness (QED) is 0.433. The monoisotopic (exact) mass is 450 g/mol. The Labute approximate surface area is 197 Å². The highest BCUT2D eigenvalue weighted by Crippen LogP contribution is 2.66. The molecule has 1 aromatic rings. The van der Waals surface area contributed by atoms with Crippen molar-refractivity contribution in [2.75, 3.05) is 5.32 Å². The summed E-state index contributed by atoms with van der Waals surface area (Å²) in [4.78, 5) is 11.9. The molecule has 4 aliphatic carbocycles. The van der Waals surface area contributed by atoms with Crippen LogP contribution in [-0.2, 0) is 4.79 Å². The Balaban J connectivity index is 0.000000821. The van der Waals surface area contributed by atoms with Crippen LogP contribution in [0.1, 0.15) is 59.3 Å². The van der Waals surface area contributed by atoms with Gasteiger partial charge in [0.1, 0.15) is 0 Å². The molecule has 0 bridgehead atoms. The van der Waals surface area contributed by atoms with Crippen molar-refractivity contribution in [1.82, 2.24) is 0 Å². The lowest BCUT2D eigenvalue weighted by molar-refractivity contribution is -0.156. The zero-order valence-electron chi connectivity index (χ0n) is 20.1. The van der Waals surface area contributed by atoms with Crippen LogP contribution in [0.3, 0.4) is 0 Å². The van der Waals surface area contributed by atoms with E-state index in [1.165, 1.54) is 11.8 Å². The van der Waals surface area contributed by atoms with Crippen LogP contribution in [-0.4, -0.2) is 28.5 Å². The van der Waals surface area contributed by atoms with Gasteiger partial charge in [-0.1, -0.05) is 43.7 Å². The summed E-state index contributed by atoms with van der Waals surface area (Å²) in [6.45, 7) is 6.14. The minimum atomic E-state index is -0.675. The van der Waals surface area contributed by atoms with Crippen LogP contribution in [0.5, 0.6) is 0 Å². The Bertz CT molecular complexity index is 955. The number of rotatable bonds is 3. The largest absolute Gasteiger partial charge is 0.481 e. The maximum Gasteiger partial charge on any atom is 0.307 e. The second-order valence-corrected chi connectivity index (χ2v) is 10.8. The molecular weight excluding hydrogens is 412 g/mol. The number of aliphatic hydroxyl groups is 1. The number of carbonyl (C=O) groups is 1. The van der Waals surface area contributed by atoms with Crippen molar-refractivity contribution in [3.8, 4) is 0 Å². The standard InChI is InChI=1S/C26H33NO3.C2H5N/c1-25-13-12-18(27-17-6-4-3-5-7-17)14-16(25)8-9-19-20-10-11-21(24(29)30)26(20,2)15-22(28)23(19)25;1-2-3/h3-7,12,14,19-23,27-28H,8-11,13,15H2,1-2H3,(H,29,30);2-3H,1H3. The van der Waals surface area contributed by atoms with Gasteiger partial charge in [-0.15, -0.1) is 0 Å². The van der Waals surface area contributed by atoms with E-state index < -0.39 is 12.1 Å². The Kier molecular flexibility index (Phi) is 6.54. The van der Waals surface area contributed by atoms with E-state index in [4.69, 9.17) is 5.41 Å². The number of carboxylic acids is 1. The maximum atomic E-state index is 11.9. The molecule has 0 amide bonds. The number of carboxylic acid groups (broad SMARTS) is 1. The van der Waals surface area contributed by atoms with E-state index >= 15 is 0 Å². The second kappa shape index (κ2) is 9.09. The van der Waals surface area contributed by atoms with Crippen molar-refractivity contribution < 1.29 is 15.0 Å². The van der Waals surface area contributed by atoms with Crippen LogP contribution in [0.25, 0.3) is 0 Å². The van der Waals surface area contributed by atoms with Crippen LogP contribution in [0.4, 0.5) is 5.69 Å². The van der Waals surface area contributed by atoms with E-state index in [0.717, 1.165) is 43.5 Å². The van der Waals surface area contributed by atoms with Gasteiger partial charge in [-0.25, -0.2) is 0 Å². The molecule has 3 saturated carbocycles. The predicted octanol–water partition coefficient (Wildman–Crippen LogP) is 5.88. The van der Waals surface area contributed by atoms with Crippen molar-refractivity contribution >= 4 is 17.9 Å². The van der Waals surface area contributed by atoms with E-state index in [-0.39, 0.29) is 22.7 Å². The predicted molar refractivity (Wildman–Crippen MR) is 132 cm³/mol. The highest BCUT2D eigenvalue weighted by molar-refractivity contribution is 5.71. The normalized spacial score (nSPS) is 38.8. The molecule has 33 heavy (non-hydrogen) atoms. The van der Waals surface area contributed by atoms with E-state index in [1.807, 2.05) is 18.2 Å². The molecule has 0 aromatic heterocycles. The number of hydrogen-bond acceptors (Lipinski definition) is 4. The van der Waals surface area contributed by atoms with Gasteiger partial charge in [-0.05, 0) is 98.5 Å². The first-order valence-corrected chi connectivity index (χ1v) is 12.3. The first-order valence-electron chi connectivity index (χ1n) is 12.3. The minimum Gasteiger partial charge on any atom is -0.481 e. The van der Waals surface area contributed by atoms with Gasteiger partial charge in [0.15, 0.2) is 0 Å². The fourth-order valence-corrected chi connectivity index (χ4v) is 7.73. The van der Waals surface area contributed by atoms with Crippen molar-refractivity contribution in [1.29, 1.82) is 5.41 Å². The molecule has 5 rings (SSSR count). The van der Waals surface area contributed by atoms with Gasteiger partial charge in [0.05, 0.1) is 12.0 Å². The van der Waals surface area contributed by atoms with Crippen LogP contribution < -0.4 is 5.32 Å². The number of hydrogen-bond donors (Lipinski definition) is 4. The Morgan fingerprint density at radius 1 is 1.18 bits per heavy atom. The van der Waals surface area contributed by atoms with E-state index in [2.05, 4.69) is 43.4 Å². The summed E-state index contributed by atoms with van der Waals surface area (Å²) in [5, 5.41) is 30.8. The summed E-state index contributed by atoms with van der Waals surface area (Å²) < 4.78 is 0. The average molecular weight is 451 g/mol. The third-order valence-corrected chi connectivity index (χ3v) is 9.10. The molecule has 7 unspecified atom stereocenters. The van der Waals surface area contributed by atoms with Gasteiger partial charge in [0, 0.05) is 11.4 Å². The number of para-hydroxylation sites is 1. The molecule has 1 aromatic carbocycles. The van der Waals surface area contributed by atoms with E-state index in [1.54, 1.807) is 6.92 Å². The molecule has 7 atom stereocenters. The van der Waals surface area contributed by atoms with E-state index in [9.17, 15) is 15.0 Å². The summed E-state index contributed by atoms with van der Waals surface area (Å²) in [7, 11) is 0. The molecule has 0 aliphatic heterocycles. The Hall–Kier alpha value is -2.40. The number of fused-ring (bicyclic) bond motifs is 5. The molecule has 0 spiro atoms. The summed E-state index contributed by atoms with van der Waals surface area (Å²) in [6.07, 6.45) is 10.8. The first kappa shape index (κ1) is 23.7. The summed E-state index contributed by atoms with van der Waals surface area (Å²) in [5.74, 6) is 0.0689. The zero-order valence-corrected chi connectivity index (χ0v) is 20.1. The Morgan fingerprint density at radius 2 is 1.88 bits per heavy atom. The molecule has 3 fully saturated rings. The molecule has 0 heterocycles. The Morgan fingerprint density at radius 3 is 2.55 bits per heavy atom. The number of nitrogens with one attached hydrogen (secondary N) is 2. The van der Waals surface area contributed by atoms with Gasteiger partial charge in [-0.3, -0.25) is 4.79 Å². The number of allylic oxidation sites excluding steroid dienone is 3.